The predicted molar refractivity (Wildman–Crippen MR) is 219 cm³/mol. The van der Waals surface area contributed by atoms with Crippen molar-refractivity contribution in [2.45, 2.75) is 5.41 Å². The Hall–Kier alpha value is -6.90. The van der Waals surface area contributed by atoms with Crippen LogP contribution in [0.25, 0.3) is 77.5 Å². The first kappa shape index (κ1) is 28.8. The van der Waals surface area contributed by atoms with E-state index >= 15 is 0 Å². The van der Waals surface area contributed by atoms with Crippen LogP contribution in [0.5, 0.6) is 0 Å². The Morgan fingerprint density at radius 1 is 0.340 bits per heavy atom. The van der Waals surface area contributed by atoms with Gasteiger partial charge in [0.05, 0.1) is 22.0 Å². The van der Waals surface area contributed by atoms with Crippen LogP contribution in [0, 0.1) is 0 Å². The van der Waals surface area contributed by atoms with Crippen molar-refractivity contribution in [2.24, 2.45) is 0 Å². The maximum absolute atomic E-state index is 2.48. The van der Waals surface area contributed by atoms with Gasteiger partial charge in [0.2, 0.25) is 0 Å². The normalized spacial score (nSPS) is 13.4. The molecule has 0 bridgehead atoms. The molecule has 2 heterocycles. The first-order valence-corrected chi connectivity index (χ1v) is 18.4. The molecule has 0 N–H and O–H groups in total. The SMILES string of the molecule is c1ccc(-n2c3ccccc3c3ccc4c(ccn4-c4cccc(-c5ccc6c(c5)C5(c7ccccc7-c7ccccc75)c5ccccc5-6)c4)c32)cc1. The Morgan fingerprint density at radius 2 is 0.943 bits per heavy atom. The molecule has 12 rings (SSSR count). The van der Waals surface area contributed by atoms with Crippen LogP contribution in [0.2, 0.25) is 0 Å². The molecule has 2 aliphatic rings. The fourth-order valence-corrected chi connectivity index (χ4v) is 9.86. The minimum atomic E-state index is -0.355. The summed E-state index contributed by atoms with van der Waals surface area (Å²) in [6.07, 6.45) is 2.23. The molecular formula is C51H32N2. The van der Waals surface area contributed by atoms with E-state index in [4.69, 9.17) is 0 Å². The van der Waals surface area contributed by atoms with Gasteiger partial charge in [-0.1, -0.05) is 140 Å². The molecule has 2 aliphatic carbocycles. The summed E-state index contributed by atoms with van der Waals surface area (Å²) in [5.41, 5.74) is 18.8. The zero-order valence-corrected chi connectivity index (χ0v) is 28.9. The minimum Gasteiger partial charge on any atom is -0.316 e. The molecular weight excluding hydrogens is 641 g/mol. The predicted octanol–water partition coefficient (Wildman–Crippen LogP) is 12.7. The van der Waals surface area contributed by atoms with E-state index < -0.39 is 0 Å². The van der Waals surface area contributed by atoms with E-state index in [0.29, 0.717) is 0 Å². The standard InChI is InChI=1S/C51H32N2/c1-2-14-35(15-3-1)53-49-24-11-7-20-41(49)42-27-28-48-43(50(42)53)29-30-52(48)36-16-12-13-33(31-36)34-25-26-40-39-19-6-10-23-46(39)51(47(40)32-34)44-21-8-4-17-37(44)38-18-5-9-22-45(38)51/h1-32H. The Bertz CT molecular complexity index is 3060. The first-order chi connectivity index (χ1) is 26.3. The van der Waals surface area contributed by atoms with Gasteiger partial charge in [-0.3, -0.25) is 0 Å². The van der Waals surface area contributed by atoms with Gasteiger partial charge in [-0.25, -0.2) is 0 Å². The van der Waals surface area contributed by atoms with Crippen molar-refractivity contribution in [3.8, 4) is 44.8 Å². The number of para-hydroxylation sites is 2. The van der Waals surface area contributed by atoms with Crippen LogP contribution >= 0.6 is 0 Å². The second-order valence-corrected chi connectivity index (χ2v) is 14.5. The topological polar surface area (TPSA) is 9.86 Å². The molecule has 0 aliphatic heterocycles. The molecule has 0 radical (unpaired) electrons. The lowest BCUT2D eigenvalue weighted by atomic mass is 9.70. The zero-order chi connectivity index (χ0) is 34.7. The van der Waals surface area contributed by atoms with Crippen LogP contribution in [-0.2, 0) is 5.41 Å². The van der Waals surface area contributed by atoms with Crippen molar-refractivity contribution in [3.05, 3.63) is 217 Å². The fourth-order valence-electron chi connectivity index (χ4n) is 9.86. The van der Waals surface area contributed by atoms with Crippen molar-refractivity contribution < 1.29 is 0 Å². The molecule has 2 heteroatoms. The van der Waals surface area contributed by atoms with Gasteiger partial charge in [0.25, 0.3) is 0 Å². The van der Waals surface area contributed by atoms with Crippen LogP contribution in [0.4, 0.5) is 0 Å². The van der Waals surface area contributed by atoms with E-state index in [1.54, 1.807) is 0 Å². The second kappa shape index (κ2) is 10.6. The van der Waals surface area contributed by atoms with Crippen LogP contribution < -0.4 is 0 Å². The first-order valence-electron chi connectivity index (χ1n) is 18.4. The van der Waals surface area contributed by atoms with Crippen LogP contribution in [-0.4, -0.2) is 9.13 Å². The van der Waals surface area contributed by atoms with Gasteiger partial charge in [0, 0.05) is 33.7 Å². The van der Waals surface area contributed by atoms with Crippen molar-refractivity contribution in [1.82, 2.24) is 9.13 Å². The van der Waals surface area contributed by atoms with Gasteiger partial charge < -0.3 is 9.13 Å². The smallest absolute Gasteiger partial charge is 0.0725 e. The van der Waals surface area contributed by atoms with E-state index in [2.05, 4.69) is 203 Å². The molecule has 0 unspecified atom stereocenters. The molecule has 1 spiro atoms. The third-order valence-electron chi connectivity index (χ3n) is 12.0. The minimum absolute atomic E-state index is 0.355. The van der Waals surface area contributed by atoms with E-state index in [0.717, 1.165) is 5.69 Å². The van der Waals surface area contributed by atoms with Crippen molar-refractivity contribution >= 4 is 32.7 Å². The van der Waals surface area contributed by atoms with Gasteiger partial charge in [0.15, 0.2) is 0 Å². The molecule has 53 heavy (non-hydrogen) atoms. The highest BCUT2D eigenvalue weighted by Gasteiger charge is 2.51. The average Bonchev–Trinajstić information content (AvgIpc) is 3.97. The van der Waals surface area contributed by atoms with Crippen molar-refractivity contribution in [2.75, 3.05) is 0 Å². The summed E-state index contributed by atoms with van der Waals surface area (Å²) in [7, 11) is 0. The maximum Gasteiger partial charge on any atom is 0.0725 e. The largest absolute Gasteiger partial charge is 0.316 e. The number of rotatable bonds is 3. The lowest BCUT2D eigenvalue weighted by Crippen LogP contribution is -2.25. The molecule has 0 amide bonds. The number of hydrogen-bond donors (Lipinski definition) is 0. The highest BCUT2D eigenvalue weighted by molar-refractivity contribution is 6.18. The van der Waals surface area contributed by atoms with Crippen molar-refractivity contribution in [1.29, 1.82) is 0 Å². The van der Waals surface area contributed by atoms with Gasteiger partial charge in [0.1, 0.15) is 0 Å². The number of hydrogen-bond acceptors (Lipinski definition) is 0. The summed E-state index contributed by atoms with van der Waals surface area (Å²) < 4.78 is 4.77. The van der Waals surface area contributed by atoms with Gasteiger partial charge in [-0.15, -0.1) is 0 Å². The summed E-state index contributed by atoms with van der Waals surface area (Å²) in [6.45, 7) is 0. The van der Waals surface area contributed by atoms with Gasteiger partial charge in [-0.05, 0) is 104 Å². The van der Waals surface area contributed by atoms with Gasteiger partial charge in [-0.2, -0.15) is 0 Å². The van der Waals surface area contributed by atoms with Crippen LogP contribution in [0.1, 0.15) is 22.3 Å². The van der Waals surface area contributed by atoms with Gasteiger partial charge >= 0.3 is 0 Å². The molecule has 0 fully saturated rings. The van der Waals surface area contributed by atoms with E-state index in [9.17, 15) is 0 Å². The molecule has 0 atom stereocenters. The molecule has 2 aromatic heterocycles. The summed E-state index contributed by atoms with van der Waals surface area (Å²) in [4.78, 5) is 0. The third-order valence-corrected chi connectivity index (χ3v) is 12.0. The van der Waals surface area contributed by atoms with Crippen molar-refractivity contribution in [3.63, 3.8) is 0 Å². The van der Waals surface area contributed by atoms with Crippen LogP contribution in [0.15, 0.2) is 194 Å². The maximum atomic E-state index is 2.48. The fraction of sp³-hybridized carbons (Fsp3) is 0.0196. The van der Waals surface area contributed by atoms with E-state index in [1.807, 2.05) is 0 Å². The molecule has 0 saturated carbocycles. The lowest BCUT2D eigenvalue weighted by Gasteiger charge is -2.30. The monoisotopic (exact) mass is 672 g/mol. The third kappa shape index (κ3) is 3.72. The summed E-state index contributed by atoms with van der Waals surface area (Å²) >= 11 is 0. The summed E-state index contributed by atoms with van der Waals surface area (Å²) in [5, 5.41) is 3.78. The molecule has 0 saturated heterocycles. The highest BCUT2D eigenvalue weighted by atomic mass is 15.0. The Balaban J connectivity index is 1.04. The number of aromatic nitrogens is 2. The molecule has 8 aromatic carbocycles. The number of fused-ring (bicyclic) bond motifs is 15. The lowest BCUT2D eigenvalue weighted by molar-refractivity contribution is 0.794. The molecule has 246 valence electrons. The summed E-state index contributed by atoms with van der Waals surface area (Å²) in [6, 6.07) is 69.6. The van der Waals surface area contributed by atoms with E-state index in [-0.39, 0.29) is 5.41 Å². The molecule has 10 aromatic rings. The summed E-state index contributed by atoms with van der Waals surface area (Å²) in [5.74, 6) is 0. The van der Waals surface area contributed by atoms with Crippen LogP contribution in [0.3, 0.4) is 0 Å². The average molecular weight is 673 g/mol. The number of nitrogens with zero attached hydrogens (tertiary/aromatic N) is 2. The Labute approximate surface area is 307 Å². The highest BCUT2D eigenvalue weighted by Crippen LogP contribution is 2.63. The molecule has 2 nitrogen and oxygen atoms in total. The van der Waals surface area contributed by atoms with E-state index in [1.165, 1.54) is 94.0 Å². The second-order valence-electron chi connectivity index (χ2n) is 14.5. The zero-order valence-electron chi connectivity index (χ0n) is 28.9. The number of benzene rings is 8. The quantitative estimate of drug-likeness (QED) is 0.177. The Morgan fingerprint density at radius 3 is 1.68 bits per heavy atom. The Kier molecular flexibility index (Phi) is 5.73.